The summed E-state index contributed by atoms with van der Waals surface area (Å²) in [5, 5.41) is 3.26. The Morgan fingerprint density at radius 1 is 1.15 bits per heavy atom. The molecule has 26 heavy (non-hydrogen) atoms. The number of rotatable bonds is 9. The number of benzene rings is 1. The number of hydrogen-bond donors (Lipinski definition) is 2. The van der Waals surface area contributed by atoms with Crippen LogP contribution in [0.25, 0.3) is 4.91 Å². The van der Waals surface area contributed by atoms with Gasteiger partial charge in [0.15, 0.2) is 0 Å². The van der Waals surface area contributed by atoms with Crippen molar-refractivity contribution in [1.82, 2.24) is 9.97 Å². The van der Waals surface area contributed by atoms with E-state index in [1.165, 1.54) is 18.7 Å². The summed E-state index contributed by atoms with van der Waals surface area (Å²) >= 11 is 4.40. The summed E-state index contributed by atoms with van der Waals surface area (Å²) in [6.45, 7) is 0.697. The standard InChI is InChI=1S/C19H21N3O3S/c1-24-15-8-6-14(7-9-15)10-11-20-18-13-16(21-19(22-18)25-2)17(26)5-3-4-12-23/h3-9,12-13,26H,10-11H2,1-2H3,(H,20,21,22)/b4-3+,17-5-. The van der Waals surface area contributed by atoms with Crippen molar-refractivity contribution in [2.45, 2.75) is 6.42 Å². The highest BCUT2D eigenvalue weighted by Crippen LogP contribution is 2.21. The monoisotopic (exact) mass is 371 g/mol. The van der Waals surface area contributed by atoms with Crippen molar-refractivity contribution in [3.63, 3.8) is 0 Å². The van der Waals surface area contributed by atoms with Gasteiger partial charge in [0, 0.05) is 17.5 Å². The van der Waals surface area contributed by atoms with Crippen LogP contribution in [0.5, 0.6) is 11.8 Å². The average molecular weight is 371 g/mol. The number of carbonyl (C=O) groups is 1. The lowest BCUT2D eigenvalue weighted by atomic mass is 10.1. The fraction of sp³-hybridized carbons (Fsp3) is 0.211. The highest BCUT2D eigenvalue weighted by atomic mass is 32.1. The van der Waals surface area contributed by atoms with E-state index in [1.807, 2.05) is 24.3 Å². The molecule has 136 valence electrons. The van der Waals surface area contributed by atoms with E-state index in [0.29, 0.717) is 29.2 Å². The average Bonchev–Trinajstić information content (AvgIpc) is 2.68. The van der Waals surface area contributed by atoms with Gasteiger partial charge >= 0.3 is 6.01 Å². The van der Waals surface area contributed by atoms with Crippen LogP contribution in [-0.2, 0) is 11.2 Å². The number of methoxy groups -OCH3 is 2. The molecule has 7 heteroatoms. The maximum absolute atomic E-state index is 10.3. The normalized spacial score (nSPS) is 11.4. The third-order valence-corrected chi connectivity index (χ3v) is 3.85. The molecule has 0 atom stereocenters. The predicted molar refractivity (Wildman–Crippen MR) is 106 cm³/mol. The van der Waals surface area contributed by atoms with E-state index >= 15 is 0 Å². The molecule has 0 spiro atoms. The third-order valence-electron chi connectivity index (χ3n) is 3.47. The van der Waals surface area contributed by atoms with Gasteiger partial charge in [-0.1, -0.05) is 18.2 Å². The molecule has 1 heterocycles. The van der Waals surface area contributed by atoms with Crippen LogP contribution in [0, 0.1) is 0 Å². The fourth-order valence-corrected chi connectivity index (χ4v) is 2.34. The van der Waals surface area contributed by atoms with Crippen LogP contribution in [0.15, 0.2) is 48.6 Å². The van der Waals surface area contributed by atoms with Gasteiger partial charge in [-0.3, -0.25) is 4.79 Å². The number of carbonyl (C=O) groups excluding carboxylic acids is 1. The maximum Gasteiger partial charge on any atom is 0.318 e. The van der Waals surface area contributed by atoms with Gasteiger partial charge in [0.1, 0.15) is 17.9 Å². The SMILES string of the molecule is COc1ccc(CCNc2cc(/C(S)=C/C=C/C=O)nc(OC)n2)cc1. The number of allylic oxidation sites excluding steroid dienone is 3. The van der Waals surface area contributed by atoms with Gasteiger partial charge in [-0.25, -0.2) is 0 Å². The Hall–Kier alpha value is -2.80. The smallest absolute Gasteiger partial charge is 0.318 e. The zero-order valence-corrected chi connectivity index (χ0v) is 15.6. The largest absolute Gasteiger partial charge is 0.497 e. The second kappa shape index (κ2) is 10.2. The van der Waals surface area contributed by atoms with E-state index in [0.717, 1.165) is 12.2 Å². The van der Waals surface area contributed by atoms with Crippen molar-refractivity contribution in [3.8, 4) is 11.8 Å². The Morgan fingerprint density at radius 3 is 2.58 bits per heavy atom. The van der Waals surface area contributed by atoms with Crippen molar-refractivity contribution in [2.75, 3.05) is 26.1 Å². The molecule has 0 bridgehead atoms. The Bertz CT molecular complexity index is 789. The van der Waals surface area contributed by atoms with Gasteiger partial charge < -0.3 is 14.8 Å². The molecule has 1 aromatic carbocycles. The predicted octanol–water partition coefficient (Wildman–Crippen LogP) is 3.17. The quantitative estimate of drug-likeness (QED) is 0.305. The van der Waals surface area contributed by atoms with E-state index in [4.69, 9.17) is 9.47 Å². The lowest BCUT2D eigenvalue weighted by Gasteiger charge is -2.09. The summed E-state index contributed by atoms with van der Waals surface area (Å²) in [7, 11) is 3.16. The highest BCUT2D eigenvalue weighted by Gasteiger charge is 2.07. The molecule has 1 N–H and O–H groups in total. The maximum atomic E-state index is 10.3. The van der Waals surface area contributed by atoms with Crippen molar-refractivity contribution in [2.24, 2.45) is 0 Å². The first-order chi connectivity index (χ1) is 12.7. The Kier molecular flexibility index (Phi) is 7.70. The minimum Gasteiger partial charge on any atom is -0.497 e. The van der Waals surface area contributed by atoms with Gasteiger partial charge in [0.2, 0.25) is 0 Å². The third kappa shape index (κ3) is 5.93. The molecule has 0 fully saturated rings. The number of anilines is 1. The molecule has 0 radical (unpaired) electrons. The summed E-state index contributed by atoms with van der Waals surface area (Å²) in [4.78, 5) is 19.5. The first-order valence-corrected chi connectivity index (χ1v) is 8.42. The van der Waals surface area contributed by atoms with Gasteiger partial charge in [-0.15, -0.1) is 12.6 Å². The summed E-state index contributed by atoms with van der Waals surface area (Å²) in [6.07, 6.45) is 6.19. The van der Waals surface area contributed by atoms with Gasteiger partial charge in [0.25, 0.3) is 0 Å². The Morgan fingerprint density at radius 2 is 1.92 bits per heavy atom. The zero-order chi connectivity index (χ0) is 18.8. The van der Waals surface area contributed by atoms with E-state index in [9.17, 15) is 4.79 Å². The molecule has 6 nitrogen and oxygen atoms in total. The van der Waals surface area contributed by atoms with Crippen molar-refractivity contribution in [1.29, 1.82) is 0 Å². The van der Waals surface area contributed by atoms with Crippen LogP contribution in [0.2, 0.25) is 0 Å². The minimum atomic E-state index is 0.244. The Labute approximate surface area is 158 Å². The number of aldehydes is 1. The summed E-state index contributed by atoms with van der Waals surface area (Å²) < 4.78 is 10.3. The lowest BCUT2D eigenvalue weighted by molar-refractivity contribution is -0.104. The van der Waals surface area contributed by atoms with Crippen LogP contribution in [0.1, 0.15) is 11.3 Å². The van der Waals surface area contributed by atoms with Crippen LogP contribution in [0.4, 0.5) is 5.82 Å². The number of ether oxygens (including phenoxy) is 2. The van der Waals surface area contributed by atoms with Crippen molar-refractivity contribution >= 4 is 29.6 Å². The number of nitrogens with zero attached hydrogens (tertiary/aromatic N) is 2. The first-order valence-electron chi connectivity index (χ1n) is 7.97. The van der Waals surface area contributed by atoms with E-state index in [1.54, 1.807) is 25.3 Å². The molecule has 0 saturated heterocycles. The number of aromatic nitrogens is 2. The second-order valence-corrected chi connectivity index (χ2v) is 5.70. The van der Waals surface area contributed by atoms with E-state index < -0.39 is 0 Å². The van der Waals surface area contributed by atoms with Crippen LogP contribution < -0.4 is 14.8 Å². The molecule has 1 aromatic heterocycles. The number of hydrogen-bond acceptors (Lipinski definition) is 7. The Balaban J connectivity index is 2.05. The molecule has 2 aromatic rings. The minimum absolute atomic E-state index is 0.244. The molecule has 0 aliphatic carbocycles. The molecular formula is C19H21N3O3S. The fourth-order valence-electron chi connectivity index (χ4n) is 2.14. The van der Waals surface area contributed by atoms with E-state index in [2.05, 4.69) is 27.9 Å². The topological polar surface area (TPSA) is 73.3 Å². The van der Waals surface area contributed by atoms with Crippen molar-refractivity contribution < 1.29 is 14.3 Å². The molecular weight excluding hydrogens is 350 g/mol. The molecule has 0 amide bonds. The summed E-state index contributed by atoms with van der Waals surface area (Å²) in [5.74, 6) is 1.48. The van der Waals surface area contributed by atoms with Gasteiger partial charge in [-0.05, 0) is 36.3 Å². The van der Waals surface area contributed by atoms with Gasteiger partial charge in [-0.2, -0.15) is 9.97 Å². The first kappa shape index (κ1) is 19.5. The molecule has 0 unspecified atom stereocenters. The summed E-state index contributed by atoms with van der Waals surface area (Å²) in [5.41, 5.74) is 1.79. The highest BCUT2D eigenvalue weighted by molar-refractivity contribution is 7.90. The van der Waals surface area contributed by atoms with Crippen LogP contribution >= 0.6 is 12.6 Å². The molecule has 0 aliphatic rings. The summed E-state index contributed by atoms with van der Waals surface area (Å²) in [6, 6.07) is 9.96. The van der Waals surface area contributed by atoms with Gasteiger partial charge in [0.05, 0.1) is 19.9 Å². The van der Waals surface area contributed by atoms with E-state index in [-0.39, 0.29) is 6.01 Å². The second-order valence-electron chi connectivity index (χ2n) is 5.22. The molecule has 0 saturated carbocycles. The lowest BCUT2D eigenvalue weighted by Crippen LogP contribution is -2.08. The van der Waals surface area contributed by atoms with Crippen LogP contribution in [0.3, 0.4) is 0 Å². The van der Waals surface area contributed by atoms with Crippen molar-refractivity contribution in [3.05, 3.63) is 59.8 Å². The number of thiol groups is 1. The molecule has 0 aliphatic heterocycles. The zero-order valence-electron chi connectivity index (χ0n) is 14.7. The van der Waals surface area contributed by atoms with Crippen LogP contribution in [-0.4, -0.2) is 37.0 Å². The number of nitrogens with one attached hydrogen (secondary N) is 1. The molecule has 2 rings (SSSR count).